The van der Waals surface area contributed by atoms with Crippen molar-refractivity contribution in [3.05, 3.63) is 24.3 Å². The highest BCUT2D eigenvalue weighted by atomic mass is 32.1. The average Bonchev–Trinajstić information content (AvgIpc) is 2.91. The Morgan fingerprint density at radius 3 is 2.77 bits per heavy atom. The van der Waals surface area contributed by atoms with Crippen molar-refractivity contribution in [1.29, 1.82) is 0 Å². The van der Waals surface area contributed by atoms with Gasteiger partial charge in [0.05, 0.1) is 10.2 Å². The molecule has 0 spiro atoms. The number of thiazole rings is 1. The molecule has 2 aromatic rings. The predicted octanol–water partition coefficient (Wildman–Crippen LogP) is 3.43. The third kappa shape index (κ3) is 3.58. The Morgan fingerprint density at radius 1 is 1.36 bits per heavy atom. The highest BCUT2D eigenvalue weighted by Gasteiger charge is 2.22. The fourth-order valence-corrected chi connectivity index (χ4v) is 3.89. The van der Waals surface area contributed by atoms with Crippen molar-refractivity contribution in [2.45, 2.75) is 39.2 Å². The van der Waals surface area contributed by atoms with E-state index >= 15 is 0 Å². The molecule has 1 fully saturated rings. The zero-order chi connectivity index (χ0) is 15.5. The van der Waals surface area contributed by atoms with Gasteiger partial charge in [0.25, 0.3) is 0 Å². The summed E-state index contributed by atoms with van der Waals surface area (Å²) in [6.45, 7) is 6.09. The second kappa shape index (κ2) is 6.65. The molecule has 1 aromatic heterocycles. The van der Waals surface area contributed by atoms with E-state index in [0.29, 0.717) is 18.4 Å². The van der Waals surface area contributed by atoms with E-state index in [1.807, 2.05) is 6.07 Å². The average molecular weight is 317 g/mol. The van der Waals surface area contributed by atoms with Gasteiger partial charge in [-0.2, -0.15) is 0 Å². The standard InChI is InChI=1S/C17H23N3OS/c1-12(2)11-16(21)18-13-7-9-20(10-8-13)17-19-14-5-3-4-6-15(14)22-17/h3-6,12-13H,7-11H2,1-2H3,(H,18,21). The van der Waals surface area contributed by atoms with Crippen LogP contribution in [-0.2, 0) is 4.79 Å². The number of benzene rings is 1. The molecule has 22 heavy (non-hydrogen) atoms. The Hall–Kier alpha value is -1.62. The molecular weight excluding hydrogens is 294 g/mol. The molecule has 4 nitrogen and oxygen atoms in total. The van der Waals surface area contributed by atoms with E-state index in [0.717, 1.165) is 36.6 Å². The third-order valence-electron chi connectivity index (χ3n) is 4.01. The summed E-state index contributed by atoms with van der Waals surface area (Å²) in [6, 6.07) is 8.59. The molecule has 0 aliphatic carbocycles. The molecule has 1 aliphatic heterocycles. The van der Waals surface area contributed by atoms with E-state index in [1.165, 1.54) is 4.70 Å². The lowest BCUT2D eigenvalue weighted by molar-refractivity contribution is -0.122. The number of fused-ring (bicyclic) bond motifs is 1. The molecule has 1 aromatic carbocycles. The van der Waals surface area contributed by atoms with Crippen molar-refractivity contribution in [3.63, 3.8) is 0 Å². The van der Waals surface area contributed by atoms with Crippen molar-refractivity contribution in [2.75, 3.05) is 18.0 Å². The largest absolute Gasteiger partial charge is 0.353 e. The van der Waals surface area contributed by atoms with Crippen molar-refractivity contribution >= 4 is 32.6 Å². The maximum Gasteiger partial charge on any atom is 0.220 e. The first-order valence-electron chi connectivity index (χ1n) is 8.01. The first-order valence-corrected chi connectivity index (χ1v) is 8.83. The zero-order valence-electron chi connectivity index (χ0n) is 13.2. The van der Waals surface area contributed by atoms with Gasteiger partial charge < -0.3 is 10.2 Å². The fraction of sp³-hybridized carbons (Fsp3) is 0.529. The molecule has 2 heterocycles. The van der Waals surface area contributed by atoms with Crippen molar-refractivity contribution in [3.8, 4) is 0 Å². The number of anilines is 1. The number of hydrogen-bond donors (Lipinski definition) is 1. The van der Waals surface area contributed by atoms with Crippen LogP contribution in [0.5, 0.6) is 0 Å². The van der Waals surface area contributed by atoms with Gasteiger partial charge >= 0.3 is 0 Å². The molecule has 1 aliphatic rings. The van der Waals surface area contributed by atoms with Crippen LogP contribution in [0.15, 0.2) is 24.3 Å². The number of amides is 1. The molecule has 0 atom stereocenters. The van der Waals surface area contributed by atoms with E-state index in [1.54, 1.807) is 11.3 Å². The Balaban J connectivity index is 1.56. The lowest BCUT2D eigenvalue weighted by atomic mass is 10.0. The summed E-state index contributed by atoms with van der Waals surface area (Å²) >= 11 is 1.75. The number of nitrogens with zero attached hydrogens (tertiary/aromatic N) is 2. The monoisotopic (exact) mass is 317 g/mol. The van der Waals surface area contributed by atoms with Crippen LogP contribution in [0, 0.1) is 5.92 Å². The van der Waals surface area contributed by atoms with E-state index < -0.39 is 0 Å². The molecule has 5 heteroatoms. The summed E-state index contributed by atoms with van der Waals surface area (Å²) in [6.07, 6.45) is 2.62. The minimum atomic E-state index is 0.188. The van der Waals surface area contributed by atoms with Crippen LogP contribution >= 0.6 is 11.3 Å². The summed E-state index contributed by atoms with van der Waals surface area (Å²) in [5.41, 5.74) is 1.08. The van der Waals surface area contributed by atoms with Crippen LogP contribution in [-0.4, -0.2) is 30.0 Å². The molecule has 0 radical (unpaired) electrons. The highest BCUT2D eigenvalue weighted by Crippen LogP contribution is 2.30. The highest BCUT2D eigenvalue weighted by molar-refractivity contribution is 7.22. The molecule has 118 valence electrons. The van der Waals surface area contributed by atoms with E-state index in [4.69, 9.17) is 4.98 Å². The first-order chi connectivity index (χ1) is 10.6. The van der Waals surface area contributed by atoms with E-state index in [-0.39, 0.29) is 5.91 Å². The van der Waals surface area contributed by atoms with Crippen LogP contribution in [0.2, 0.25) is 0 Å². The summed E-state index contributed by atoms with van der Waals surface area (Å²) in [5, 5.41) is 4.27. The number of piperidine rings is 1. The SMILES string of the molecule is CC(C)CC(=O)NC1CCN(c2nc3ccccc3s2)CC1. The molecule has 1 amide bonds. The van der Waals surface area contributed by atoms with Crippen LogP contribution in [0.25, 0.3) is 10.2 Å². The van der Waals surface area contributed by atoms with Crippen LogP contribution in [0.3, 0.4) is 0 Å². The van der Waals surface area contributed by atoms with Gasteiger partial charge in [-0.25, -0.2) is 4.98 Å². The molecule has 3 rings (SSSR count). The number of hydrogen-bond acceptors (Lipinski definition) is 4. The first kappa shape index (κ1) is 15.3. The van der Waals surface area contributed by atoms with Gasteiger partial charge in [-0.3, -0.25) is 4.79 Å². The number of carbonyl (C=O) groups excluding carboxylic acids is 1. The maximum absolute atomic E-state index is 11.9. The second-order valence-corrected chi connectivity index (χ2v) is 7.40. The van der Waals surface area contributed by atoms with E-state index in [2.05, 4.69) is 42.3 Å². The summed E-state index contributed by atoms with van der Waals surface area (Å²) in [5.74, 6) is 0.608. The van der Waals surface area contributed by atoms with Crippen molar-refractivity contribution in [2.24, 2.45) is 5.92 Å². The molecule has 1 saturated heterocycles. The smallest absolute Gasteiger partial charge is 0.220 e. The quantitative estimate of drug-likeness (QED) is 0.939. The van der Waals surface area contributed by atoms with Crippen LogP contribution in [0.4, 0.5) is 5.13 Å². The van der Waals surface area contributed by atoms with Crippen molar-refractivity contribution < 1.29 is 4.79 Å². The minimum absolute atomic E-state index is 0.188. The normalized spacial score (nSPS) is 16.4. The van der Waals surface area contributed by atoms with Gasteiger partial charge in [-0.15, -0.1) is 0 Å². The van der Waals surface area contributed by atoms with E-state index in [9.17, 15) is 4.79 Å². The van der Waals surface area contributed by atoms with Gasteiger partial charge in [0.2, 0.25) is 5.91 Å². The number of rotatable bonds is 4. The number of para-hydroxylation sites is 1. The molecule has 0 bridgehead atoms. The van der Waals surface area contributed by atoms with Gasteiger partial charge in [0, 0.05) is 25.6 Å². The Bertz CT molecular complexity index is 611. The maximum atomic E-state index is 11.9. The lowest BCUT2D eigenvalue weighted by Gasteiger charge is -2.32. The zero-order valence-corrected chi connectivity index (χ0v) is 14.0. The summed E-state index contributed by atoms with van der Waals surface area (Å²) < 4.78 is 1.24. The van der Waals surface area contributed by atoms with Crippen molar-refractivity contribution in [1.82, 2.24) is 10.3 Å². The molecule has 1 N–H and O–H groups in total. The second-order valence-electron chi connectivity index (χ2n) is 6.39. The number of aromatic nitrogens is 1. The van der Waals surface area contributed by atoms with Gasteiger partial charge in [0.1, 0.15) is 0 Å². The van der Waals surface area contributed by atoms with Gasteiger partial charge in [-0.05, 0) is 30.9 Å². The molecular formula is C17H23N3OS. The summed E-state index contributed by atoms with van der Waals surface area (Å²) in [4.78, 5) is 18.9. The van der Waals surface area contributed by atoms with Crippen LogP contribution < -0.4 is 10.2 Å². The Labute approximate surface area is 135 Å². The molecule has 0 saturated carbocycles. The minimum Gasteiger partial charge on any atom is -0.353 e. The van der Waals surface area contributed by atoms with Crippen LogP contribution in [0.1, 0.15) is 33.1 Å². The Kier molecular flexibility index (Phi) is 4.62. The number of nitrogens with one attached hydrogen (secondary N) is 1. The van der Waals surface area contributed by atoms with Gasteiger partial charge in [0.15, 0.2) is 5.13 Å². The third-order valence-corrected chi connectivity index (χ3v) is 5.10. The Morgan fingerprint density at radius 2 is 2.09 bits per heavy atom. The predicted molar refractivity (Wildman–Crippen MR) is 92.5 cm³/mol. The fourth-order valence-electron chi connectivity index (χ4n) is 2.87. The lowest BCUT2D eigenvalue weighted by Crippen LogP contribution is -2.44. The summed E-state index contributed by atoms with van der Waals surface area (Å²) in [7, 11) is 0. The topological polar surface area (TPSA) is 45.2 Å². The van der Waals surface area contributed by atoms with Gasteiger partial charge in [-0.1, -0.05) is 37.3 Å². The molecule has 0 unspecified atom stereocenters. The number of carbonyl (C=O) groups is 1.